The lowest BCUT2D eigenvalue weighted by atomic mass is 10.2. The van der Waals surface area contributed by atoms with Crippen molar-refractivity contribution in [1.29, 1.82) is 0 Å². The number of hydrogen-bond donors (Lipinski definition) is 0. The first kappa shape index (κ1) is 16.2. The summed E-state index contributed by atoms with van der Waals surface area (Å²) < 4.78 is 62.4. The number of aldehydes is 1. The van der Waals surface area contributed by atoms with Crippen LogP contribution in [0.25, 0.3) is 0 Å². The van der Waals surface area contributed by atoms with Crippen molar-refractivity contribution in [2.75, 3.05) is 0 Å². The Morgan fingerprint density at radius 1 is 1.35 bits per heavy atom. The number of ether oxygens (including phenoxy) is 1. The van der Waals surface area contributed by atoms with E-state index in [1.807, 2.05) is 0 Å². The van der Waals surface area contributed by atoms with Gasteiger partial charge in [0.1, 0.15) is 4.90 Å². The Morgan fingerprint density at radius 2 is 1.90 bits per heavy atom. The normalized spacial score (nSPS) is 12.0. The third-order valence-corrected chi connectivity index (χ3v) is 3.28. The van der Waals surface area contributed by atoms with Crippen molar-refractivity contribution < 1.29 is 36.0 Å². The van der Waals surface area contributed by atoms with E-state index in [4.69, 9.17) is 10.7 Å². The number of carbonyl (C=O) groups is 1. The minimum absolute atomic E-state index is 0.123. The molecule has 110 valence electrons. The molecule has 12 heteroatoms. The molecular weight excluding hydrogens is 331 g/mol. The van der Waals surface area contributed by atoms with Crippen LogP contribution in [0.1, 0.15) is 10.4 Å². The predicted molar refractivity (Wildman–Crippen MR) is 58.2 cm³/mol. The molecule has 0 saturated heterocycles. The molecule has 0 aliphatic rings. The monoisotopic (exact) mass is 333 g/mol. The fourth-order valence-electron chi connectivity index (χ4n) is 1.27. The lowest BCUT2D eigenvalue weighted by molar-refractivity contribution is -0.389. The van der Waals surface area contributed by atoms with Gasteiger partial charge in [-0.15, -0.1) is 13.2 Å². The summed E-state index contributed by atoms with van der Waals surface area (Å²) in [7, 11) is 0.00342. The lowest BCUT2D eigenvalue weighted by Gasteiger charge is -2.12. The minimum atomic E-state index is -5.41. The van der Waals surface area contributed by atoms with Crippen molar-refractivity contribution >= 4 is 31.7 Å². The van der Waals surface area contributed by atoms with Crippen molar-refractivity contribution in [2.24, 2.45) is 0 Å². The highest BCUT2D eigenvalue weighted by Crippen LogP contribution is 2.40. The number of halogens is 4. The molecule has 0 amide bonds. The highest BCUT2D eigenvalue weighted by atomic mass is 35.7. The van der Waals surface area contributed by atoms with Gasteiger partial charge in [-0.05, 0) is 6.07 Å². The van der Waals surface area contributed by atoms with E-state index in [0.717, 1.165) is 0 Å². The van der Waals surface area contributed by atoms with Gasteiger partial charge in [-0.1, -0.05) is 0 Å². The molecule has 7 nitrogen and oxygen atoms in total. The molecule has 0 fully saturated rings. The molecule has 0 aromatic heterocycles. The molecule has 1 aromatic carbocycles. The summed E-state index contributed by atoms with van der Waals surface area (Å²) in [4.78, 5) is 18.5. The third kappa shape index (κ3) is 3.57. The number of nitro benzene ring substituents is 1. The van der Waals surface area contributed by atoms with Gasteiger partial charge in [0.2, 0.25) is 5.75 Å². The van der Waals surface area contributed by atoms with E-state index < -0.39 is 42.2 Å². The van der Waals surface area contributed by atoms with Crippen LogP contribution in [0.5, 0.6) is 5.75 Å². The second kappa shape index (κ2) is 5.25. The Hall–Kier alpha value is -1.88. The van der Waals surface area contributed by atoms with Crippen LogP contribution in [0.15, 0.2) is 17.0 Å². The molecule has 0 unspecified atom stereocenters. The highest BCUT2D eigenvalue weighted by molar-refractivity contribution is 8.13. The summed E-state index contributed by atoms with van der Waals surface area (Å²) >= 11 is 0. The molecular formula is C8H3ClF3NO6S. The second-order valence-electron chi connectivity index (χ2n) is 3.19. The molecule has 20 heavy (non-hydrogen) atoms. The zero-order valence-corrected chi connectivity index (χ0v) is 10.6. The smallest absolute Gasteiger partial charge is 0.397 e. The number of nitrogens with zero attached hydrogens (tertiary/aromatic N) is 1. The van der Waals surface area contributed by atoms with Crippen molar-refractivity contribution in [3.63, 3.8) is 0 Å². The standard InChI is InChI=1S/C8H3ClF3NO6S/c9-20(17,18)7-4(3-14)1-2-5(13(15)16)6(7)19-8(10,11)12/h1-3H. The van der Waals surface area contributed by atoms with E-state index in [1.54, 1.807) is 0 Å². The van der Waals surface area contributed by atoms with Crippen LogP contribution in [0.2, 0.25) is 0 Å². The van der Waals surface area contributed by atoms with Gasteiger partial charge in [-0.3, -0.25) is 14.9 Å². The van der Waals surface area contributed by atoms with E-state index >= 15 is 0 Å². The fourth-order valence-corrected chi connectivity index (χ4v) is 2.51. The average molecular weight is 334 g/mol. The largest absolute Gasteiger partial charge is 0.573 e. The first-order valence-electron chi connectivity index (χ1n) is 4.44. The number of hydrogen-bond acceptors (Lipinski definition) is 6. The third-order valence-electron chi connectivity index (χ3n) is 1.91. The molecule has 1 rings (SSSR count). The molecule has 0 saturated carbocycles. The van der Waals surface area contributed by atoms with Gasteiger partial charge in [0.05, 0.1) is 4.92 Å². The number of alkyl halides is 3. The number of carbonyl (C=O) groups excluding carboxylic acids is 1. The van der Waals surface area contributed by atoms with Crippen LogP contribution in [-0.4, -0.2) is 26.0 Å². The molecule has 0 aliphatic carbocycles. The van der Waals surface area contributed by atoms with Crippen molar-refractivity contribution in [3.05, 3.63) is 27.8 Å². The molecule has 0 heterocycles. The van der Waals surface area contributed by atoms with E-state index in [2.05, 4.69) is 4.74 Å². The van der Waals surface area contributed by atoms with Crippen molar-refractivity contribution in [3.8, 4) is 5.75 Å². The first-order valence-corrected chi connectivity index (χ1v) is 6.75. The maximum absolute atomic E-state index is 12.2. The molecule has 0 N–H and O–H groups in total. The minimum Gasteiger partial charge on any atom is -0.397 e. The molecule has 0 radical (unpaired) electrons. The topological polar surface area (TPSA) is 104 Å². The van der Waals surface area contributed by atoms with E-state index in [0.29, 0.717) is 12.1 Å². The Balaban J connectivity index is 3.79. The summed E-state index contributed by atoms with van der Waals surface area (Å²) in [5, 5.41) is 10.6. The van der Waals surface area contributed by atoms with Crippen LogP contribution in [0, 0.1) is 10.1 Å². The molecule has 0 spiro atoms. The van der Waals surface area contributed by atoms with Crippen LogP contribution in [-0.2, 0) is 9.05 Å². The fraction of sp³-hybridized carbons (Fsp3) is 0.125. The average Bonchev–Trinajstić information content (AvgIpc) is 2.23. The Kier molecular flexibility index (Phi) is 4.24. The van der Waals surface area contributed by atoms with Crippen LogP contribution in [0.3, 0.4) is 0 Å². The summed E-state index contributed by atoms with van der Waals surface area (Å²) in [6.45, 7) is 0. The van der Waals surface area contributed by atoms with E-state index in [1.165, 1.54) is 0 Å². The number of rotatable bonds is 4. The van der Waals surface area contributed by atoms with Gasteiger partial charge >= 0.3 is 12.0 Å². The summed E-state index contributed by atoms with van der Waals surface area (Å²) in [6, 6.07) is 1.14. The van der Waals surface area contributed by atoms with Crippen LogP contribution in [0.4, 0.5) is 18.9 Å². The van der Waals surface area contributed by atoms with Gasteiger partial charge in [0.15, 0.2) is 6.29 Å². The SMILES string of the molecule is O=Cc1ccc([N+](=O)[O-])c(OC(F)(F)F)c1S(=O)(=O)Cl. The Labute approximate surface area is 113 Å². The molecule has 0 atom stereocenters. The van der Waals surface area contributed by atoms with Crippen molar-refractivity contribution in [2.45, 2.75) is 11.3 Å². The van der Waals surface area contributed by atoms with Gasteiger partial charge < -0.3 is 4.74 Å². The number of benzene rings is 1. The first-order chi connectivity index (χ1) is 8.97. The summed E-state index contributed by atoms with van der Waals surface area (Å²) in [5.74, 6) is -1.66. The molecule has 0 aliphatic heterocycles. The zero-order chi connectivity index (χ0) is 15.7. The lowest BCUT2D eigenvalue weighted by Crippen LogP contribution is -2.20. The van der Waals surface area contributed by atoms with E-state index in [-0.39, 0.29) is 6.29 Å². The maximum Gasteiger partial charge on any atom is 0.573 e. The number of nitro groups is 1. The molecule has 1 aromatic rings. The summed E-state index contributed by atoms with van der Waals surface area (Å²) in [6.07, 6.45) is -5.54. The Morgan fingerprint density at radius 3 is 2.25 bits per heavy atom. The quantitative estimate of drug-likeness (QED) is 0.362. The van der Waals surface area contributed by atoms with Gasteiger partial charge in [-0.2, -0.15) is 0 Å². The van der Waals surface area contributed by atoms with Gasteiger partial charge in [0.25, 0.3) is 9.05 Å². The highest BCUT2D eigenvalue weighted by Gasteiger charge is 2.39. The predicted octanol–water partition coefficient (Wildman–Crippen LogP) is 2.23. The van der Waals surface area contributed by atoms with Gasteiger partial charge in [0, 0.05) is 22.3 Å². The van der Waals surface area contributed by atoms with Crippen molar-refractivity contribution in [1.82, 2.24) is 0 Å². The zero-order valence-electron chi connectivity index (χ0n) is 9.05. The Bertz CT molecular complexity index is 672. The van der Waals surface area contributed by atoms with E-state index in [9.17, 15) is 36.5 Å². The summed E-state index contributed by atoms with van der Waals surface area (Å²) in [5.41, 5.74) is -2.10. The second-order valence-corrected chi connectivity index (χ2v) is 5.70. The van der Waals surface area contributed by atoms with Gasteiger partial charge in [-0.25, -0.2) is 8.42 Å². The van der Waals surface area contributed by atoms with Crippen LogP contribution < -0.4 is 4.74 Å². The van der Waals surface area contributed by atoms with Crippen LogP contribution >= 0.6 is 10.7 Å². The molecule has 0 bridgehead atoms. The maximum atomic E-state index is 12.2.